The van der Waals surface area contributed by atoms with Crippen molar-refractivity contribution < 1.29 is 19.4 Å². The molecule has 1 atom stereocenters. The van der Waals surface area contributed by atoms with Gasteiger partial charge >= 0.3 is 5.97 Å². The van der Waals surface area contributed by atoms with Crippen LogP contribution in [0.3, 0.4) is 0 Å². The molecule has 1 amide bonds. The molecule has 0 bridgehead atoms. The summed E-state index contributed by atoms with van der Waals surface area (Å²) in [7, 11) is 1.45. The van der Waals surface area contributed by atoms with E-state index in [1.54, 1.807) is 30.9 Å². The fourth-order valence-electron chi connectivity index (χ4n) is 3.17. The molecular weight excluding hydrogens is 362 g/mol. The molecule has 146 valence electrons. The first-order valence-corrected chi connectivity index (χ1v) is 8.63. The lowest BCUT2D eigenvalue weighted by atomic mass is 9.98. The third-order valence-corrected chi connectivity index (χ3v) is 4.42. The molecule has 0 fully saturated rings. The Balaban J connectivity index is 1.94. The Labute approximate surface area is 161 Å². The number of pyridine rings is 1. The van der Waals surface area contributed by atoms with Crippen molar-refractivity contribution in [3.05, 3.63) is 48.0 Å². The molecular formula is C19H21N5O4. The Morgan fingerprint density at radius 2 is 2.11 bits per heavy atom. The largest absolute Gasteiger partial charge is 0.481 e. The van der Waals surface area contributed by atoms with E-state index < -0.39 is 17.4 Å². The molecule has 2 N–H and O–H groups in total. The number of nitrogens with zero attached hydrogens (tertiary/aromatic N) is 4. The van der Waals surface area contributed by atoms with Crippen LogP contribution in [0.2, 0.25) is 0 Å². The Morgan fingerprint density at radius 3 is 2.82 bits per heavy atom. The summed E-state index contributed by atoms with van der Waals surface area (Å²) in [6.45, 7) is 3.40. The number of carbonyl (C=O) groups is 2. The average Bonchev–Trinajstić information content (AvgIpc) is 3.02. The molecule has 28 heavy (non-hydrogen) atoms. The molecule has 9 heteroatoms. The summed E-state index contributed by atoms with van der Waals surface area (Å²) >= 11 is 0. The highest BCUT2D eigenvalue weighted by atomic mass is 16.5. The molecule has 1 aromatic carbocycles. The zero-order chi connectivity index (χ0) is 20.3. The van der Waals surface area contributed by atoms with Gasteiger partial charge in [-0.2, -0.15) is 0 Å². The van der Waals surface area contributed by atoms with Crippen molar-refractivity contribution in [1.82, 2.24) is 25.3 Å². The van der Waals surface area contributed by atoms with Gasteiger partial charge in [-0.25, -0.2) is 4.68 Å². The zero-order valence-electron chi connectivity index (χ0n) is 15.8. The molecule has 3 rings (SSSR count). The van der Waals surface area contributed by atoms with Gasteiger partial charge in [0, 0.05) is 30.3 Å². The van der Waals surface area contributed by atoms with Crippen molar-refractivity contribution in [2.45, 2.75) is 25.8 Å². The Kier molecular flexibility index (Phi) is 5.36. The van der Waals surface area contributed by atoms with Crippen molar-refractivity contribution in [3.8, 4) is 5.69 Å². The molecule has 2 aromatic heterocycles. The highest BCUT2D eigenvalue weighted by molar-refractivity contribution is 5.95. The van der Waals surface area contributed by atoms with Gasteiger partial charge in [0.05, 0.1) is 29.9 Å². The molecule has 0 saturated carbocycles. The third-order valence-electron chi connectivity index (χ3n) is 4.42. The molecule has 0 aliphatic carbocycles. The second-order valence-corrected chi connectivity index (χ2v) is 6.83. The summed E-state index contributed by atoms with van der Waals surface area (Å²) in [5, 5.41) is 21.9. The number of ether oxygens (including phenoxy) is 1. The summed E-state index contributed by atoms with van der Waals surface area (Å²) in [5.41, 5.74) is 0.365. The minimum Gasteiger partial charge on any atom is -0.481 e. The summed E-state index contributed by atoms with van der Waals surface area (Å²) in [6.07, 6.45) is 3.16. The number of carbonyl (C=O) groups excluding carboxylic acids is 1. The normalized spacial score (nSPS) is 13.2. The second-order valence-electron chi connectivity index (χ2n) is 6.83. The van der Waals surface area contributed by atoms with Crippen molar-refractivity contribution in [2.75, 3.05) is 13.7 Å². The van der Waals surface area contributed by atoms with E-state index in [1.807, 2.05) is 24.3 Å². The lowest BCUT2D eigenvalue weighted by Crippen LogP contribution is -2.51. The molecule has 2 heterocycles. The highest BCUT2D eigenvalue weighted by Crippen LogP contribution is 2.23. The molecule has 0 radical (unpaired) electrons. The highest BCUT2D eigenvalue weighted by Gasteiger charge is 2.31. The van der Waals surface area contributed by atoms with Crippen LogP contribution in [0, 0.1) is 6.92 Å². The first-order chi connectivity index (χ1) is 13.3. The van der Waals surface area contributed by atoms with E-state index in [-0.39, 0.29) is 18.7 Å². The first kappa shape index (κ1) is 19.4. The van der Waals surface area contributed by atoms with E-state index in [2.05, 4.69) is 20.6 Å². The summed E-state index contributed by atoms with van der Waals surface area (Å²) in [6, 6.07) is 7.57. The predicted octanol–water partition coefficient (Wildman–Crippen LogP) is 1.73. The fourth-order valence-corrected chi connectivity index (χ4v) is 3.17. The maximum atomic E-state index is 12.8. The number of aromatic nitrogens is 4. The van der Waals surface area contributed by atoms with Crippen LogP contribution in [0.5, 0.6) is 0 Å². The van der Waals surface area contributed by atoms with Gasteiger partial charge in [-0.1, -0.05) is 17.3 Å². The number of aliphatic carboxylic acids is 1. The lowest BCUT2D eigenvalue weighted by molar-refractivity contribution is -0.139. The Bertz CT molecular complexity index is 1030. The smallest absolute Gasteiger partial charge is 0.305 e. The minimum atomic E-state index is -1.07. The predicted molar refractivity (Wildman–Crippen MR) is 101 cm³/mol. The number of carboxylic acid groups (broad SMARTS) is 1. The molecule has 3 aromatic rings. The Hall–Kier alpha value is -3.33. The average molecular weight is 383 g/mol. The number of hydrogen-bond donors (Lipinski definition) is 2. The van der Waals surface area contributed by atoms with E-state index in [0.717, 1.165) is 16.5 Å². The van der Waals surface area contributed by atoms with E-state index in [0.29, 0.717) is 5.69 Å². The lowest BCUT2D eigenvalue weighted by Gasteiger charge is -2.28. The SMILES string of the molecule is COCC(C)(CC(=O)O)NC(=O)c1nnn(-c2cccc3cnccc23)c1C. The monoisotopic (exact) mass is 383 g/mol. The van der Waals surface area contributed by atoms with Crippen molar-refractivity contribution in [2.24, 2.45) is 0 Å². The van der Waals surface area contributed by atoms with Crippen LogP contribution in [-0.2, 0) is 9.53 Å². The fraction of sp³-hybridized carbons (Fsp3) is 0.316. The molecule has 1 unspecified atom stereocenters. The molecule has 0 saturated heterocycles. The van der Waals surface area contributed by atoms with Crippen LogP contribution in [0.1, 0.15) is 29.5 Å². The van der Waals surface area contributed by atoms with E-state index in [4.69, 9.17) is 9.84 Å². The van der Waals surface area contributed by atoms with E-state index in [1.165, 1.54) is 7.11 Å². The van der Waals surface area contributed by atoms with Crippen LogP contribution in [0.25, 0.3) is 16.5 Å². The first-order valence-electron chi connectivity index (χ1n) is 8.63. The van der Waals surface area contributed by atoms with Crippen molar-refractivity contribution in [3.63, 3.8) is 0 Å². The summed E-state index contributed by atoms with van der Waals surface area (Å²) < 4.78 is 6.66. The van der Waals surface area contributed by atoms with Gasteiger partial charge in [0.2, 0.25) is 0 Å². The number of nitrogens with one attached hydrogen (secondary N) is 1. The molecule has 0 spiro atoms. The maximum absolute atomic E-state index is 12.8. The van der Waals surface area contributed by atoms with Gasteiger partial charge in [-0.3, -0.25) is 14.6 Å². The van der Waals surface area contributed by atoms with Gasteiger partial charge in [-0.15, -0.1) is 5.10 Å². The van der Waals surface area contributed by atoms with Gasteiger partial charge in [0.25, 0.3) is 5.91 Å². The van der Waals surface area contributed by atoms with Crippen LogP contribution >= 0.6 is 0 Å². The van der Waals surface area contributed by atoms with Gasteiger partial charge in [-0.05, 0) is 26.0 Å². The number of fused-ring (bicyclic) bond motifs is 1. The standard InChI is InChI=1S/C19H21N5O4/c1-12-17(18(27)21-19(2,11-28-3)9-16(25)26)22-23-24(12)15-6-4-5-13-10-20-8-7-14(13)15/h4-8,10H,9,11H2,1-3H3,(H,21,27)(H,25,26). The number of amides is 1. The van der Waals surface area contributed by atoms with Crippen LogP contribution in [0.4, 0.5) is 0 Å². The van der Waals surface area contributed by atoms with Crippen LogP contribution in [0.15, 0.2) is 36.7 Å². The van der Waals surface area contributed by atoms with Crippen molar-refractivity contribution >= 4 is 22.6 Å². The van der Waals surface area contributed by atoms with Gasteiger partial charge in [0.15, 0.2) is 5.69 Å². The van der Waals surface area contributed by atoms with Gasteiger partial charge < -0.3 is 15.2 Å². The van der Waals surface area contributed by atoms with Crippen LogP contribution < -0.4 is 5.32 Å². The quantitative estimate of drug-likeness (QED) is 0.638. The number of carboxylic acids is 1. The summed E-state index contributed by atoms with van der Waals surface area (Å²) in [4.78, 5) is 28.0. The maximum Gasteiger partial charge on any atom is 0.305 e. The van der Waals surface area contributed by atoms with E-state index in [9.17, 15) is 9.59 Å². The number of benzene rings is 1. The minimum absolute atomic E-state index is 0.0501. The Morgan fingerprint density at radius 1 is 1.32 bits per heavy atom. The van der Waals surface area contributed by atoms with Crippen LogP contribution in [-0.4, -0.2) is 56.2 Å². The van der Waals surface area contributed by atoms with Crippen molar-refractivity contribution in [1.29, 1.82) is 0 Å². The zero-order valence-corrected chi connectivity index (χ0v) is 15.8. The molecule has 0 aliphatic heterocycles. The number of methoxy groups -OCH3 is 1. The third kappa shape index (κ3) is 3.84. The van der Waals surface area contributed by atoms with E-state index >= 15 is 0 Å². The van der Waals surface area contributed by atoms with Gasteiger partial charge in [0.1, 0.15) is 0 Å². The second kappa shape index (κ2) is 7.73. The molecule has 0 aliphatic rings. The summed E-state index contributed by atoms with van der Waals surface area (Å²) in [5.74, 6) is -1.55. The molecule has 9 nitrogen and oxygen atoms in total. The number of hydrogen-bond acceptors (Lipinski definition) is 6. The number of rotatable bonds is 7. The topological polar surface area (TPSA) is 119 Å².